The van der Waals surface area contributed by atoms with Crippen molar-refractivity contribution in [2.24, 2.45) is 4.99 Å². The molecule has 2 rings (SSSR count). The Balaban J connectivity index is 0.00000144. The third-order valence-electron chi connectivity index (χ3n) is 2.84. The highest BCUT2D eigenvalue weighted by Gasteiger charge is 2.23. The molecule has 1 heterocycles. The lowest BCUT2D eigenvalue weighted by Crippen LogP contribution is -2.41. The predicted octanol–water partition coefficient (Wildman–Crippen LogP) is 2.47. The van der Waals surface area contributed by atoms with Crippen molar-refractivity contribution in [2.45, 2.75) is 26.4 Å². The van der Waals surface area contributed by atoms with Gasteiger partial charge in [-0.25, -0.2) is 0 Å². The van der Waals surface area contributed by atoms with E-state index in [9.17, 15) is 0 Å². The van der Waals surface area contributed by atoms with Gasteiger partial charge in [0, 0.05) is 19.1 Å². The standard InChI is InChI=1S/C13H19N3.HI/c1-3-14-13-15-9-11(2)16(13)10-12-7-5-4-6-8-12;/h4-8,11H,3,9-10H2,1-2H3,(H,14,15);1H/t11-;/m0./s1. The van der Waals surface area contributed by atoms with Gasteiger partial charge >= 0.3 is 0 Å². The van der Waals surface area contributed by atoms with Crippen molar-refractivity contribution in [2.75, 3.05) is 13.1 Å². The molecule has 1 aromatic carbocycles. The van der Waals surface area contributed by atoms with Crippen LogP contribution >= 0.6 is 24.0 Å². The van der Waals surface area contributed by atoms with E-state index in [0.29, 0.717) is 6.04 Å². The van der Waals surface area contributed by atoms with Crippen LogP contribution in [0.15, 0.2) is 35.3 Å². The lowest BCUT2D eigenvalue weighted by Gasteiger charge is -2.25. The first kappa shape index (κ1) is 14.3. The summed E-state index contributed by atoms with van der Waals surface area (Å²) in [6.45, 7) is 7.09. The van der Waals surface area contributed by atoms with E-state index in [1.807, 2.05) is 0 Å². The number of aliphatic imine (C=N–C) groups is 1. The van der Waals surface area contributed by atoms with Crippen molar-refractivity contribution in [1.29, 1.82) is 0 Å². The molecule has 1 aliphatic heterocycles. The minimum absolute atomic E-state index is 0. The van der Waals surface area contributed by atoms with Crippen molar-refractivity contribution in [3.8, 4) is 0 Å². The van der Waals surface area contributed by atoms with Crippen LogP contribution in [0.25, 0.3) is 0 Å². The van der Waals surface area contributed by atoms with Crippen molar-refractivity contribution >= 4 is 29.9 Å². The largest absolute Gasteiger partial charge is 0.356 e. The molecular formula is C13H20IN3. The average molecular weight is 345 g/mol. The third kappa shape index (κ3) is 3.59. The molecule has 1 aliphatic rings. The van der Waals surface area contributed by atoms with E-state index in [0.717, 1.165) is 25.6 Å². The highest BCUT2D eigenvalue weighted by molar-refractivity contribution is 14.0. The number of hydrogen-bond acceptors (Lipinski definition) is 3. The van der Waals surface area contributed by atoms with Crippen LogP contribution in [0.2, 0.25) is 0 Å². The van der Waals surface area contributed by atoms with Gasteiger partial charge < -0.3 is 10.2 Å². The van der Waals surface area contributed by atoms with Crippen molar-refractivity contribution in [3.63, 3.8) is 0 Å². The monoisotopic (exact) mass is 345 g/mol. The normalized spacial score (nSPS) is 18.6. The highest BCUT2D eigenvalue weighted by atomic mass is 127. The molecule has 0 unspecified atom stereocenters. The number of halogens is 1. The summed E-state index contributed by atoms with van der Waals surface area (Å²) < 4.78 is 0. The third-order valence-corrected chi connectivity index (χ3v) is 2.84. The van der Waals surface area contributed by atoms with Crippen LogP contribution in [0, 0.1) is 0 Å². The number of rotatable bonds is 3. The Bertz CT molecular complexity index is 364. The van der Waals surface area contributed by atoms with Crippen LogP contribution < -0.4 is 5.32 Å². The summed E-state index contributed by atoms with van der Waals surface area (Å²) >= 11 is 0. The van der Waals surface area contributed by atoms with E-state index in [1.54, 1.807) is 0 Å². The van der Waals surface area contributed by atoms with Crippen LogP contribution in [0.4, 0.5) is 0 Å². The maximum absolute atomic E-state index is 4.52. The topological polar surface area (TPSA) is 27.6 Å². The molecule has 0 amide bonds. The molecule has 0 bridgehead atoms. The van der Waals surface area contributed by atoms with Crippen LogP contribution in [0.5, 0.6) is 0 Å². The molecule has 0 radical (unpaired) electrons. The van der Waals surface area contributed by atoms with E-state index in [4.69, 9.17) is 0 Å². The molecule has 3 nitrogen and oxygen atoms in total. The van der Waals surface area contributed by atoms with Crippen LogP contribution in [0.3, 0.4) is 0 Å². The van der Waals surface area contributed by atoms with Gasteiger partial charge in [0.25, 0.3) is 0 Å². The van der Waals surface area contributed by atoms with Gasteiger partial charge in [0.15, 0.2) is 5.96 Å². The van der Waals surface area contributed by atoms with Crippen LogP contribution in [0.1, 0.15) is 19.4 Å². The van der Waals surface area contributed by atoms with Gasteiger partial charge in [0.1, 0.15) is 0 Å². The smallest absolute Gasteiger partial charge is 0.194 e. The first-order valence-electron chi connectivity index (χ1n) is 5.90. The highest BCUT2D eigenvalue weighted by Crippen LogP contribution is 2.13. The first-order chi connectivity index (χ1) is 7.81. The van der Waals surface area contributed by atoms with Crippen LogP contribution in [-0.4, -0.2) is 30.0 Å². The molecule has 0 saturated carbocycles. The Labute approximate surface area is 120 Å². The molecule has 0 spiro atoms. The Hall–Kier alpha value is -0.780. The molecule has 0 fully saturated rings. The average Bonchev–Trinajstić information content (AvgIpc) is 2.64. The van der Waals surface area contributed by atoms with Crippen molar-refractivity contribution in [3.05, 3.63) is 35.9 Å². The number of nitrogens with one attached hydrogen (secondary N) is 1. The zero-order valence-electron chi connectivity index (χ0n) is 10.4. The number of hydrogen-bond donors (Lipinski definition) is 1. The van der Waals surface area contributed by atoms with E-state index in [2.05, 4.69) is 59.4 Å². The zero-order valence-corrected chi connectivity index (χ0v) is 12.7. The summed E-state index contributed by atoms with van der Waals surface area (Å²) in [5, 5.41) is 3.32. The number of benzene rings is 1. The molecule has 0 aromatic heterocycles. The summed E-state index contributed by atoms with van der Waals surface area (Å²) in [5.74, 6) is 1.04. The van der Waals surface area contributed by atoms with Crippen LogP contribution in [-0.2, 0) is 6.54 Å². The van der Waals surface area contributed by atoms with E-state index >= 15 is 0 Å². The second-order valence-corrected chi connectivity index (χ2v) is 4.16. The van der Waals surface area contributed by atoms with Gasteiger partial charge in [-0.2, -0.15) is 0 Å². The fourth-order valence-electron chi connectivity index (χ4n) is 1.94. The molecule has 0 saturated heterocycles. The van der Waals surface area contributed by atoms with E-state index < -0.39 is 0 Å². The summed E-state index contributed by atoms with van der Waals surface area (Å²) in [6, 6.07) is 11.0. The number of guanidine groups is 1. The second-order valence-electron chi connectivity index (χ2n) is 4.16. The summed E-state index contributed by atoms with van der Waals surface area (Å²) in [5.41, 5.74) is 1.34. The maximum Gasteiger partial charge on any atom is 0.194 e. The molecule has 0 aliphatic carbocycles. The van der Waals surface area contributed by atoms with Gasteiger partial charge in [-0.15, -0.1) is 24.0 Å². The number of nitrogens with zero attached hydrogens (tertiary/aromatic N) is 2. The fourth-order valence-corrected chi connectivity index (χ4v) is 1.94. The lowest BCUT2D eigenvalue weighted by molar-refractivity contribution is 0.347. The van der Waals surface area contributed by atoms with Gasteiger partial charge in [-0.3, -0.25) is 4.99 Å². The zero-order chi connectivity index (χ0) is 11.4. The Kier molecular flexibility index (Phi) is 5.74. The summed E-state index contributed by atoms with van der Waals surface area (Å²) in [6.07, 6.45) is 0. The van der Waals surface area contributed by atoms with Gasteiger partial charge in [0.05, 0.1) is 6.54 Å². The van der Waals surface area contributed by atoms with Gasteiger partial charge in [-0.05, 0) is 19.4 Å². The second kappa shape index (κ2) is 6.83. The van der Waals surface area contributed by atoms with Crippen molar-refractivity contribution in [1.82, 2.24) is 10.2 Å². The SMILES string of the molecule is CCNC1=NC[C@H](C)N1Cc1ccccc1.I. The Morgan fingerprint density at radius 1 is 1.35 bits per heavy atom. The minimum atomic E-state index is 0. The summed E-state index contributed by atoms with van der Waals surface area (Å²) in [4.78, 5) is 6.85. The van der Waals surface area contributed by atoms with Crippen molar-refractivity contribution < 1.29 is 0 Å². The Morgan fingerprint density at radius 2 is 2.06 bits per heavy atom. The fraction of sp³-hybridized carbons (Fsp3) is 0.462. The molecular weight excluding hydrogens is 325 g/mol. The first-order valence-corrected chi connectivity index (χ1v) is 5.90. The molecule has 1 aromatic rings. The lowest BCUT2D eigenvalue weighted by atomic mass is 10.2. The molecule has 1 atom stereocenters. The quantitative estimate of drug-likeness (QED) is 0.853. The molecule has 4 heteroatoms. The summed E-state index contributed by atoms with van der Waals surface area (Å²) in [7, 11) is 0. The molecule has 94 valence electrons. The minimum Gasteiger partial charge on any atom is -0.356 e. The van der Waals surface area contributed by atoms with E-state index in [1.165, 1.54) is 5.56 Å². The molecule has 17 heavy (non-hydrogen) atoms. The maximum atomic E-state index is 4.52. The van der Waals surface area contributed by atoms with Gasteiger partial charge in [-0.1, -0.05) is 30.3 Å². The van der Waals surface area contributed by atoms with Gasteiger partial charge in [0.2, 0.25) is 0 Å². The van der Waals surface area contributed by atoms with E-state index in [-0.39, 0.29) is 24.0 Å². The Morgan fingerprint density at radius 3 is 2.71 bits per heavy atom. The molecule has 1 N–H and O–H groups in total. The predicted molar refractivity (Wildman–Crippen MR) is 82.8 cm³/mol.